The van der Waals surface area contributed by atoms with Crippen LogP contribution in [0, 0.1) is 17.8 Å². The van der Waals surface area contributed by atoms with E-state index < -0.39 is 0 Å². The van der Waals surface area contributed by atoms with Gasteiger partial charge in [-0.25, -0.2) is 0 Å². The second-order valence-electron chi connectivity index (χ2n) is 11.2. The second-order valence-corrected chi connectivity index (χ2v) is 11.2. The summed E-state index contributed by atoms with van der Waals surface area (Å²) in [6, 6.07) is 0.205. The quantitative estimate of drug-likeness (QED) is 0.167. The summed E-state index contributed by atoms with van der Waals surface area (Å²) in [5, 5.41) is 3.48. The van der Waals surface area contributed by atoms with Crippen LogP contribution in [0.5, 0.6) is 0 Å². The molecule has 1 rings (SSSR count). The smallest absolute Gasteiger partial charge is 0.223 e. The molecule has 0 radical (unpaired) electrons. The minimum Gasteiger partial charge on any atom is -0.353 e. The lowest BCUT2D eigenvalue weighted by molar-refractivity contribution is -0.129. The fraction of sp³-hybridized carbons (Fsp3) is 0.935. The molecule has 4 atom stereocenters. The maximum atomic E-state index is 13.4. The van der Waals surface area contributed by atoms with Crippen molar-refractivity contribution in [2.75, 3.05) is 0 Å². The molecular weight excluding hydrogens is 418 g/mol. The van der Waals surface area contributed by atoms with Crippen molar-refractivity contribution in [1.29, 1.82) is 0 Å². The highest BCUT2D eigenvalue weighted by molar-refractivity contribution is 5.82. The lowest BCUT2D eigenvalue weighted by Gasteiger charge is -2.34. The van der Waals surface area contributed by atoms with Crippen molar-refractivity contribution < 1.29 is 9.59 Å². The molecule has 200 valence electrons. The zero-order valence-electron chi connectivity index (χ0n) is 23.5. The Balaban J connectivity index is 2.69. The third-order valence-corrected chi connectivity index (χ3v) is 8.15. The van der Waals surface area contributed by atoms with E-state index >= 15 is 0 Å². The molecule has 2 unspecified atom stereocenters. The van der Waals surface area contributed by atoms with E-state index in [4.69, 9.17) is 0 Å². The van der Waals surface area contributed by atoms with Crippen LogP contribution < -0.4 is 5.32 Å². The Kier molecular flexibility index (Phi) is 18.7. The summed E-state index contributed by atoms with van der Waals surface area (Å²) in [5.74, 6) is 1.50. The molecule has 3 heteroatoms. The van der Waals surface area contributed by atoms with Crippen LogP contribution in [0.1, 0.15) is 163 Å². The predicted octanol–water partition coefficient (Wildman–Crippen LogP) is 9.17. The largest absolute Gasteiger partial charge is 0.353 e. The first-order valence-corrected chi connectivity index (χ1v) is 15.4. The number of rotatable bonds is 21. The van der Waals surface area contributed by atoms with Gasteiger partial charge >= 0.3 is 0 Å². The Morgan fingerprint density at radius 1 is 0.647 bits per heavy atom. The number of carbonyl (C=O) groups excluding carboxylic acids is 2. The van der Waals surface area contributed by atoms with E-state index in [-0.39, 0.29) is 23.8 Å². The van der Waals surface area contributed by atoms with Crippen molar-refractivity contribution >= 4 is 11.7 Å². The van der Waals surface area contributed by atoms with Crippen LogP contribution in [-0.4, -0.2) is 17.7 Å². The number of nitrogens with one attached hydrogen (secondary N) is 1. The van der Waals surface area contributed by atoms with Crippen LogP contribution in [0.15, 0.2) is 0 Å². The van der Waals surface area contributed by atoms with Gasteiger partial charge in [0, 0.05) is 24.3 Å². The van der Waals surface area contributed by atoms with Crippen LogP contribution in [-0.2, 0) is 9.59 Å². The maximum absolute atomic E-state index is 13.4. The second kappa shape index (κ2) is 20.3. The molecule has 3 nitrogen and oxygen atoms in total. The summed E-state index contributed by atoms with van der Waals surface area (Å²) in [5.41, 5.74) is 0. The summed E-state index contributed by atoms with van der Waals surface area (Å²) in [7, 11) is 0. The molecule has 34 heavy (non-hydrogen) atoms. The Morgan fingerprint density at radius 2 is 1.15 bits per heavy atom. The summed E-state index contributed by atoms with van der Waals surface area (Å²) in [6.07, 6.45) is 23.9. The molecule has 1 amide bonds. The van der Waals surface area contributed by atoms with Gasteiger partial charge in [0.15, 0.2) is 0 Å². The summed E-state index contributed by atoms with van der Waals surface area (Å²) < 4.78 is 0. The normalized spacial score (nSPS) is 20.1. The fourth-order valence-electron chi connectivity index (χ4n) is 5.78. The number of hydrogen-bond acceptors (Lipinski definition) is 2. The van der Waals surface area contributed by atoms with Crippen molar-refractivity contribution in [2.45, 2.75) is 169 Å². The van der Waals surface area contributed by atoms with Gasteiger partial charge in [-0.3, -0.25) is 9.59 Å². The van der Waals surface area contributed by atoms with Gasteiger partial charge in [-0.15, -0.1) is 0 Å². The lowest BCUT2D eigenvalue weighted by Crippen LogP contribution is -2.45. The minimum atomic E-state index is 0.158. The Morgan fingerprint density at radius 3 is 1.74 bits per heavy atom. The molecule has 0 aromatic carbocycles. The van der Waals surface area contributed by atoms with Gasteiger partial charge < -0.3 is 5.32 Å². The standard InChI is InChI=1S/C31H59NO2/c1-5-9-13-15-21-26(19-11-7-3)30(33)25-28-23-17-18-24-29(28)32-31(34)27(20-12-8-4)22-16-14-10-6-2/h26-29H,5-25H2,1-4H3,(H,32,34)/t26?,27?,28-,29+/m1/s1. The number of carbonyl (C=O) groups is 2. The molecule has 0 heterocycles. The first-order valence-electron chi connectivity index (χ1n) is 15.4. The summed E-state index contributed by atoms with van der Waals surface area (Å²) >= 11 is 0. The molecule has 1 aliphatic rings. The summed E-state index contributed by atoms with van der Waals surface area (Å²) in [4.78, 5) is 26.7. The first-order chi connectivity index (χ1) is 16.6. The van der Waals surface area contributed by atoms with Crippen molar-refractivity contribution in [1.82, 2.24) is 5.32 Å². The van der Waals surface area contributed by atoms with Crippen LogP contribution >= 0.6 is 0 Å². The van der Waals surface area contributed by atoms with E-state index in [1.54, 1.807) is 0 Å². The molecule has 0 aliphatic heterocycles. The fourth-order valence-corrected chi connectivity index (χ4v) is 5.78. The summed E-state index contributed by atoms with van der Waals surface area (Å²) in [6.45, 7) is 8.92. The maximum Gasteiger partial charge on any atom is 0.223 e. The zero-order chi connectivity index (χ0) is 25.0. The van der Waals surface area contributed by atoms with Crippen LogP contribution in [0.4, 0.5) is 0 Å². The van der Waals surface area contributed by atoms with Crippen molar-refractivity contribution in [2.24, 2.45) is 17.8 Å². The highest BCUT2D eigenvalue weighted by Crippen LogP contribution is 2.31. The Bertz CT molecular complexity index is 472. The minimum absolute atomic E-state index is 0.158. The average Bonchev–Trinajstić information content (AvgIpc) is 2.84. The van der Waals surface area contributed by atoms with E-state index in [9.17, 15) is 9.59 Å². The van der Waals surface area contributed by atoms with Crippen molar-refractivity contribution in [3.63, 3.8) is 0 Å². The van der Waals surface area contributed by atoms with Crippen LogP contribution in [0.3, 0.4) is 0 Å². The van der Waals surface area contributed by atoms with Gasteiger partial charge in [-0.2, -0.15) is 0 Å². The van der Waals surface area contributed by atoms with E-state index in [0.29, 0.717) is 18.1 Å². The zero-order valence-corrected chi connectivity index (χ0v) is 23.5. The number of hydrogen-bond donors (Lipinski definition) is 1. The average molecular weight is 478 g/mol. The molecule has 0 saturated heterocycles. The van der Waals surface area contributed by atoms with E-state index in [2.05, 4.69) is 33.0 Å². The van der Waals surface area contributed by atoms with E-state index in [0.717, 1.165) is 64.2 Å². The monoisotopic (exact) mass is 477 g/mol. The molecular formula is C31H59NO2. The number of Topliss-reactive ketones (excluding diaryl/α,β-unsaturated/α-hetero) is 1. The number of unbranched alkanes of at least 4 members (excludes halogenated alkanes) is 8. The number of amides is 1. The molecule has 1 N–H and O–H groups in total. The van der Waals surface area contributed by atoms with E-state index in [1.807, 2.05) is 0 Å². The molecule has 0 spiro atoms. The molecule has 1 aliphatic carbocycles. The molecule has 1 fully saturated rings. The topological polar surface area (TPSA) is 46.2 Å². The Hall–Kier alpha value is -0.860. The van der Waals surface area contributed by atoms with Gasteiger partial charge in [0.25, 0.3) is 0 Å². The Labute approximate surface area is 213 Å². The third-order valence-electron chi connectivity index (χ3n) is 8.15. The highest BCUT2D eigenvalue weighted by atomic mass is 16.2. The predicted molar refractivity (Wildman–Crippen MR) is 147 cm³/mol. The van der Waals surface area contributed by atoms with Gasteiger partial charge in [-0.05, 0) is 44.4 Å². The van der Waals surface area contributed by atoms with Crippen molar-refractivity contribution in [3.8, 4) is 0 Å². The lowest BCUT2D eigenvalue weighted by atomic mass is 9.78. The van der Waals surface area contributed by atoms with Crippen LogP contribution in [0.2, 0.25) is 0 Å². The van der Waals surface area contributed by atoms with Crippen LogP contribution in [0.25, 0.3) is 0 Å². The van der Waals surface area contributed by atoms with Crippen molar-refractivity contribution in [3.05, 3.63) is 0 Å². The van der Waals surface area contributed by atoms with E-state index in [1.165, 1.54) is 64.2 Å². The van der Waals surface area contributed by atoms with Gasteiger partial charge in [-0.1, -0.05) is 118 Å². The van der Waals surface area contributed by atoms with Gasteiger partial charge in [0.1, 0.15) is 5.78 Å². The van der Waals surface area contributed by atoms with Gasteiger partial charge in [0.2, 0.25) is 5.91 Å². The molecule has 0 bridgehead atoms. The molecule has 1 saturated carbocycles. The third kappa shape index (κ3) is 13.3. The molecule has 0 aromatic heterocycles. The first kappa shape index (κ1) is 31.2. The number of ketones is 1. The SMILES string of the molecule is CCCCCCC(CCCC)C(=O)C[C@H]1CCCC[C@@H]1NC(=O)C(CCCC)CCCCCC. The van der Waals surface area contributed by atoms with Gasteiger partial charge in [0.05, 0.1) is 0 Å². The highest BCUT2D eigenvalue weighted by Gasteiger charge is 2.31. The molecule has 0 aromatic rings.